The number of benzene rings is 1. The standard InChI is InChI=1S/C14H16Cl2INO2/c15-5-8-20-11-3-6-18(7-4-11)14(19)12-9-10(16)1-2-13(12)17/h1-2,9,11H,3-8H2. The van der Waals surface area contributed by atoms with Crippen molar-refractivity contribution in [1.29, 1.82) is 0 Å². The molecule has 3 nitrogen and oxygen atoms in total. The van der Waals surface area contributed by atoms with Gasteiger partial charge in [-0.2, -0.15) is 0 Å². The smallest absolute Gasteiger partial charge is 0.254 e. The zero-order valence-electron chi connectivity index (χ0n) is 10.9. The summed E-state index contributed by atoms with van der Waals surface area (Å²) in [6.07, 6.45) is 1.94. The van der Waals surface area contributed by atoms with Crippen LogP contribution in [0.25, 0.3) is 0 Å². The van der Waals surface area contributed by atoms with Gasteiger partial charge in [0.15, 0.2) is 0 Å². The van der Waals surface area contributed by atoms with E-state index in [4.69, 9.17) is 27.9 Å². The maximum Gasteiger partial charge on any atom is 0.254 e. The molecule has 0 aromatic heterocycles. The van der Waals surface area contributed by atoms with E-state index in [-0.39, 0.29) is 12.0 Å². The molecule has 1 aromatic carbocycles. The van der Waals surface area contributed by atoms with E-state index >= 15 is 0 Å². The monoisotopic (exact) mass is 427 g/mol. The Balaban J connectivity index is 1.96. The summed E-state index contributed by atoms with van der Waals surface area (Å²) in [5.41, 5.74) is 0.679. The summed E-state index contributed by atoms with van der Waals surface area (Å²) in [7, 11) is 0. The summed E-state index contributed by atoms with van der Waals surface area (Å²) in [5, 5.41) is 0.592. The molecule has 110 valence electrons. The van der Waals surface area contributed by atoms with Crippen LogP contribution in [0.1, 0.15) is 23.2 Å². The number of hydrogen-bond donors (Lipinski definition) is 0. The van der Waals surface area contributed by atoms with Gasteiger partial charge in [-0.25, -0.2) is 0 Å². The Morgan fingerprint density at radius 2 is 2.10 bits per heavy atom. The summed E-state index contributed by atoms with van der Waals surface area (Å²) in [5.74, 6) is 0.563. The first-order valence-corrected chi connectivity index (χ1v) is 8.53. The van der Waals surface area contributed by atoms with Crippen LogP contribution in [0.15, 0.2) is 18.2 Å². The van der Waals surface area contributed by atoms with E-state index in [1.54, 1.807) is 12.1 Å². The third-order valence-electron chi connectivity index (χ3n) is 3.32. The number of carbonyl (C=O) groups is 1. The number of ether oxygens (including phenoxy) is 1. The number of likely N-dealkylation sites (tertiary alicyclic amines) is 1. The number of carbonyl (C=O) groups excluding carboxylic acids is 1. The molecule has 1 fully saturated rings. The molecule has 20 heavy (non-hydrogen) atoms. The Labute approximate surface area is 142 Å². The number of halogens is 3. The highest BCUT2D eigenvalue weighted by molar-refractivity contribution is 14.1. The van der Waals surface area contributed by atoms with Crippen LogP contribution in [0.3, 0.4) is 0 Å². The van der Waals surface area contributed by atoms with E-state index in [1.165, 1.54) is 0 Å². The van der Waals surface area contributed by atoms with Gasteiger partial charge >= 0.3 is 0 Å². The Kier molecular flexibility index (Phi) is 6.39. The molecule has 1 heterocycles. The molecule has 1 aromatic rings. The molecule has 0 atom stereocenters. The number of piperidine rings is 1. The zero-order chi connectivity index (χ0) is 14.5. The summed E-state index contributed by atoms with van der Waals surface area (Å²) in [4.78, 5) is 14.4. The van der Waals surface area contributed by atoms with E-state index in [0.717, 1.165) is 16.4 Å². The van der Waals surface area contributed by atoms with Gasteiger partial charge in [0.25, 0.3) is 5.91 Å². The molecule has 1 aliphatic heterocycles. The third-order valence-corrected chi connectivity index (χ3v) is 4.65. The molecule has 0 unspecified atom stereocenters. The van der Waals surface area contributed by atoms with Crippen molar-refractivity contribution in [3.8, 4) is 0 Å². The lowest BCUT2D eigenvalue weighted by molar-refractivity contribution is 0.0154. The van der Waals surface area contributed by atoms with Gasteiger partial charge in [0.2, 0.25) is 0 Å². The van der Waals surface area contributed by atoms with Crippen LogP contribution < -0.4 is 0 Å². The minimum atomic E-state index is 0.0488. The molecule has 0 aliphatic carbocycles. The fourth-order valence-electron chi connectivity index (χ4n) is 2.27. The maximum absolute atomic E-state index is 12.5. The summed E-state index contributed by atoms with van der Waals surface area (Å²) < 4.78 is 6.54. The second-order valence-electron chi connectivity index (χ2n) is 4.68. The van der Waals surface area contributed by atoms with Crippen LogP contribution >= 0.6 is 45.8 Å². The Morgan fingerprint density at radius 3 is 2.75 bits per heavy atom. The van der Waals surface area contributed by atoms with Crippen molar-refractivity contribution in [2.45, 2.75) is 18.9 Å². The van der Waals surface area contributed by atoms with Crippen molar-refractivity contribution >= 4 is 51.7 Å². The number of hydrogen-bond acceptors (Lipinski definition) is 2. The van der Waals surface area contributed by atoms with Crippen molar-refractivity contribution in [2.75, 3.05) is 25.6 Å². The lowest BCUT2D eigenvalue weighted by Gasteiger charge is -2.32. The van der Waals surface area contributed by atoms with Gasteiger partial charge in [0.05, 0.1) is 18.3 Å². The molecular weight excluding hydrogens is 412 g/mol. The van der Waals surface area contributed by atoms with Crippen LogP contribution in [0.2, 0.25) is 5.02 Å². The predicted molar refractivity (Wildman–Crippen MR) is 89.8 cm³/mol. The summed E-state index contributed by atoms with van der Waals surface area (Å²) in [6.45, 7) is 2.01. The molecule has 1 amide bonds. The van der Waals surface area contributed by atoms with Crippen LogP contribution in [0.4, 0.5) is 0 Å². The van der Waals surface area contributed by atoms with E-state index in [2.05, 4.69) is 22.6 Å². The second-order valence-corrected chi connectivity index (χ2v) is 6.65. The highest BCUT2D eigenvalue weighted by atomic mass is 127. The van der Waals surface area contributed by atoms with Crippen molar-refractivity contribution in [3.63, 3.8) is 0 Å². The lowest BCUT2D eigenvalue weighted by atomic mass is 10.1. The zero-order valence-corrected chi connectivity index (χ0v) is 14.6. The third kappa shape index (κ3) is 4.23. The van der Waals surface area contributed by atoms with Crippen LogP contribution in [0, 0.1) is 3.57 Å². The molecule has 1 saturated heterocycles. The Bertz CT molecular complexity index is 476. The molecular formula is C14H16Cl2INO2. The average Bonchev–Trinajstić information content (AvgIpc) is 2.47. The topological polar surface area (TPSA) is 29.5 Å². The van der Waals surface area contributed by atoms with Crippen LogP contribution in [-0.2, 0) is 4.74 Å². The molecule has 0 spiro atoms. The SMILES string of the molecule is O=C(c1cc(Cl)ccc1I)N1CCC(OCCCl)CC1. The van der Waals surface area contributed by atoms with Crippen LogP contribution in [0.5, 0.6) is 0 Å². The van der Waals surface area contributed by atoms with E-state index < -0.39 is 0 Å². The molecule has 0 bridgehead atoms. The first-order valence-electron chi connectivity index (χ1n) is 6.53. The van der Waals surface area contributed by atoms with Crippen molar-refractivity contribution in [3.05, 3.63) is 32.4 Å². The number of rotatable bonds is 4. The van der Waals surface area contributed by atoms with Gasteiger partial charge in [-0.05, 0) is 53.6 Å². The maximum atomic E-state index is 12.5. The average molecular weight is 428 g/mol. The summed E-state index contributed by atoms with van der Waals surface area (Å²) >= 11 is 13.7. The predicted octanol–water partition coefficient (Wildman–Crippen LogP) is 3.80. The first kappa shape index (κ1) is 16.3. The van der Waals surface area contributed by atoms with Gasteiger partial charge in [0, 0.05) is 27.6 Å². The molecule has 0 radical (unpaired) electrons. The van der Waals surface area contributed by atoms with Gasteiger partial charge in [0.1, 0.15) is 0 Å². The van der Waals surface area contributed by atoms with Gasteiger partial charge in [-0.3, -0.25) is 4.79 Å². The minimum absolute atomic E-state index is 0.0488. The molecule has 0 saturated carbocycles. The number of nitrogens with zero attached hydrogens (tertiary/aromatic N) is 1. The van der Waals surface area contributed by atoms with Gasteiger partial charge in [-0.1, -0.05) is 11.6 Å². The van der Waals surface area contributed by atoms with Crippen molar-refractivity contribution in [2.24, 2.45) is 0 Å². The van der Waals surface area contributed by atoms with Crippen molar-refractivity contribution in [1.82, 2.24) is 4.90 Å². The lowest BCUT2D eigenvalue weighted by Crippen LogP contribution is -2.41. The van der Waals surface area contributed by atoms with Crippen molar-refractivity contribution < 1.29 is 9.53 Å². The quantitative estimate of drug-likeness (QED) is 0.540. The van der Waals surface area contributed by atoms with E-state index in [0.29, 0.717) is 36.2 Å². The fourth-order valence-corrected chi connectivity index (χ4v) is 3.10. The Morgan fingerprint density at radius 1 is 1.40 bits per heavy atom. The number of alkyl halides is 1. The molecule has 2 rings (SSSR count). The van der Waals surface area contributed by atoms with Crippen LogP contribution in [-0.4, -0.2) is 42.5 Å². The number of amides is 1. The molecule has 1 aliphatic rings. The Hall–Kier alpha value is -0.0400. The highest BCUT2D eigenvalue weighted by Gasteiger charge is 2.25. The molecule has 0 N–H and O–H groups in total. The molecule has 6 heteroatoms. The minimum Gasteiger partial charge on any atom is -0.377 e. The van der Waals surface area contributed by atoms with E-state index in [1.807, 2.05) is 11.0 Å². The largest absolute Gasteiger partial charge is 0.377 e. The normalized spacial score (nSPS) is 16.4. The fraction of sp³-hybridized carbons (Fsp3) is 0.500. The van der Waals surface area contributed by atoms with Gasteiger partial charge in [-0.15, -0.1) is 11.6 Å². The second kappa shape index (κ2) is 7.82. The first-order chi connectivity index (χ1) is 9.61. The highest BCUT2D eigenvalue weighted by Crippen LogP contribution is 2.22. The summed E-state index contributed by atoms with van der Waals surface area (Å²) in [6, 6.07) is 5.40. The van der Waals surface area contributed by atoms with Gasteiger partial charge < -0.3 is 9.64 Å². The van der Waals surface area contributed by atoms with E-state index in [9.17, 15) is 4.79 Å².